The molecular weight excluding hydrogens is 318 g/mol. The van der Waals surface area contributed by atoms with Crippen LogP contribution < -0.4 is 20.1 Å². The van der Waals surface area contributed by atoms with Gasteiger partial charge in [-0.25, -0.2) is 9.97 Å². The molecule has 2 N–H and O–H groups in total. The van der Waals surface area contributed by atoms with E-state index in [-0.39, 0.29) is 6.04 Å². The summed E-state index contributed by atoms with van der Waals surface area (Å²) in [6.07, 6.45) is 6.18. The largest absolute Gasteiger partial charge is 0.495 e. The minimum absolute atomic E-state index is 0.128. The summed E-state index contributed by atoms with van der Waals surface area (Å²) in [5.74, 6) is 2.50. The Hall–Kier alpha value is -2.57. The Balaban J connectivity index is 2.07. The number of methoxy groups -OCH3 is 2. The van der Waals surface area contributed by atoms with Crippen molar-refractivity contribution in [2.45, 2.75) is 38.6 Å². The maximum absolute atomic E-state index is 5.89. The van der Waals surface area contributed by atoms with Gasteiger partial charge in [-0.15, -0.1) is 0 Å². The predicted octanol–water partition coefficient (Wildman–Crippen LogP) is 2.90. The normalized spacial score (nSPS) is 17.9. The zero-order valence-electron chi connectivity index (χ0n) is 15.0. The smallest absolute Gasteiger partial charge is 0.222 e. The van der Waals surface area contributed by atoms with E-state index in [0.717, 1.165) is 48.6 Å². The first-order valence-corrected chi connectivity index (χ1v) is 8.58. The summed E-state index contributed by atoms with van der Waals surface area (Å²) in [4.78, 5) is 15.2. The molecule has 2 aromatic heterocycles. The van der Waals surface area contributed by atoms with Gasteiger partial charge in [-0.05, 0) is 19.8 Å². The average Bonchev–Trinajstić information content (AvgIpc) is 2.86. The maximum atomic E-state index is 5.89. The fourth-order valence-corrected chi connectivity index (χ4v) is 3.41. The maximum Gasteiger partial charge on any atom is 0.222 e. The highest BCUT2D eigenvalue weighted by Crippen LogP contribution is 2.38. The number of aromatic nitrogens is 3. The Morgan fingerprint density at radius 3 is 2.68 bits per heavy atom. The van der Waals surface area contributed by atoms with Crippen molar-refractivity contribution >= 4 is 11.8 Å². The molecule has 0 aliphatic carbocycles. The Kier molecular flexibility index (Phi) is 5.21. The molecule has 2 aromatic rings. The fourth-order valence-electron chi connectivity index (χ4n) is 3.41. The Morgan fingerprint density at radius 1 is 1.12 bits per heavy atom. The molecule has 0 bridgehead atoms. The van der Waals surface area contributed by atoms with E-state index in [0.29, 0.717) is 11.8 Å². The molecular formula is C18H25N5O2. The number of pyridine rings is 1. The number of hydrogen-bond acceptors (Lipinski definition) is 7. The van der Waals surface area contributed by atoms with E-state index in [9.17, 15) is 0 Å². The molecule has 1 aliphatic rings. The van der Waals surface area contributed by atoms with Gasteiger partial charge in [0.25, 0.3) is 0 Å². The highest BCUT2D eigenvalue weighted by atomic mass is 16.5. The lowest BCUT2D eigenvalue weighted by atomic mass is 10.0. The van der Waals surface area contributed by atoms with Gasteiger partial charge in [-0.2, -0.15) is 4.98 Å². The second-order valence-electron chi connectivity index (χ2n) is 6.25. The molecule has 0 amide bonds. The lowest BCUT2D eigenvalue weighted by molar-refractivity contribution is 0.379. The molecule has 134 valence electrons. The number of anilines is 2. The lowest BCUT2D eigenvalue weighted by Gasteiger charge is -2.32. The van der Waals surface area contributed by atoms with Crippen LogP contribution >= 0.6 is 0 Å². The highest BCUT2D eigenvalue weighted by molar-refractivity contribution is 5.49. The summed E-state index contributed by atoms with van der Waals surface area (Å²) in [6, 6.07) is 4.07. The molecule has 7 nitrogen and oxygen atoms in total. The van der Waals surface area contributed by atoms with Crippen LogP contribution in [0, 0.1) is 6.92 Å². The number of nitrogens with two attached hydrogens (primary N) is 1. The number of nitrogens with zero attached hydrogens (tertiary/aromatic N) is 4. The number of aryl methyl sites for hydroxylation is 1. The molecule has 3 heterocycles. The van der Waals surface area contributed by atoms with Crippen LogP contribution in [-0.2, 0) is 0 Å². The van der Waals surface area contributed by atoms with Crippen LogP contribution in [-0.4, -0.2) is 35.7 Å². The molecule has 0 unspecified atom stereocenters. The predicted molar refractivity (Wildman–Crippen MR) is 97.1 cm³/mol. The molecule has 1 saturated heterocycles. The summed E-state index contributed by atoms with van der Waals surface area (Å²) in [5, 5.41) is 0. The Morgan fingerprint density at radius 2 is 1.96 bits per heavy atom. The lowest BCUT2D eigenvalue weighted by Crippen LogP contribution is -2.30. The first-order chi connectivity index (χ1) is 12.1. The van der Waals surface area contributed by atoms with E-state index in [1.807, 2.05) is 19.1 Å². The SMILES string of the molecule is COc1cc([C@@H]2CCCCCN2c2cc(C)nc(N)n2)c(OC)cn1. The van der Waals surface area contributed by atoms with E-state index in [2.05, 4.69) is 19.9 Å². The summed E-state index contributed by atoms with van der Waals surface area (Å²) in [6.45, 7) is 2.85. The van der Waals surface area contributed by atoms with Gasteiger partial charge in [0, 0.05) is 29.9 Å². The van der Waals surface area contributed by atoms with Crippen LogP contribution in [0.1, 0.15) is 43.0 Å². The van der Waals surface area contributed by atoms with E-state index in [4.69, 9.17) is 15.2 Å². The number of nitrogen functional groups attached to an aromatic ring is 1. The monoisotopic (exact) mass is 343 g/mol. The van der Waals surface area contributed by atoms with Crippen LogP contribution in [0.5, 0.6) is 11.6 Å². The van der Waals surface area contributed by atoms with E-state index in [1.165, 1.54) is 6.42 Å². The van der Waals surface area contributed by atoms with Crippen molar-refractivity contribution in [3.05, 3.63) is 29.6 Å². The first kappa shape index (κ1) is 17.3. The third-order valence-corrected chi connectivity index (χ3v) is 4.57. The third-order valence-electron chi connectivity index (χ3n) is 4.57. The van der Waals surface area contributed by atoms with Crippen LogP contribution in [0.3, 0.4) is 0 Å². The zero-order valence-corrected chi connectivity index (χ0v) is 15.0. The van der Waals surface area contributed by atoms with Crippen molar-refractivity contribution in [3.8, 4) is 11.6 Å². The van der Waals surface area contributed by atoms with Gasteiger partial charge in [-0.1, -0.05) is 12.8 Å². The van der Waals surface area contributed by atoms with Crippen molar-refractivity contribution in [1.82, 2.24) is 15.0 Å². The van der Waals surface area contributed by atoms with E-state index >= 15 is 0 Å². The summed E-state index contributed by atoms with van der Waals surface area (Å²) < 4.78 is 10.9. The van der Waals surface area contributed by atoms with Gasteiger partial charge < -0.3 is 20.1 Å². The molecule has 0 saturated carbocycles. The minimum atomic E-state index is 0.128. The second-order valence-corrected chi connectivity index (χ2v) is 6.25. The third kappa shape index (κ3) is 3.75. The topological polar surface area (TPSA) is 86.4 Å². The van der Waals surface area contributed by atoms with Crippen molar-refractivity contribution in [3.63, 3.8) is 0 Å². The summed E-state index contributed by atoms with van der Waals surface area (Å²) in [5.41, 5.74) is 7.81. The molecule has 0 aromatic carbocycles. The van der Waals surface area contributed by atoms with Crippen molar-refractivity contribution < 1.29 is 9.47 Å². The molecule has 1 atom stereocenters. The van der Waals surface area contributed by atoms with Gasteiger partial charge >= 0.3 is 0 Å². The summed E-state index contributed by atoms with van der Waals surface area (Å²) >= 11 is 0. The molecule has 7 heteroatoms. The van der Waals surface area contributed by atoms with E-state index in [1.54, 1.807) is 20.4 Å². The van der Waals surface area contributed by atoms with Crippen molar-refractivity contribution in [1.29, 1.82) is 0 Å². The van der Waals surface area contributed by atoms with Crippen LogP contribution in [0.15, 0.2) is 18.3 Å². The number of rotatable bonds is 4. The number of ether oxygens (including phenoxy) is 2. The van der Waals surface area contributed by atoms with Crippen molar-refractivity contribution in [2.75, 3.05) is 31.4 Å². The second kappa shape index (κ2) is 7.55. The van der Waals surface area contributed by atoms with Crippen LogP contribution in [0.25, 0.3) is 0 Å². The molecule has 0 spiro atoms. The van der Waals surface area contributed by atoms with E-state index < -0.39 is 0 Å². The minimum Gasteiger partial charge on any atom is -0.495 e. The van der Waals surface area contributed by atoms with Gasteiger partial charge in [0.15, 0.2) is 0 Å². The molecule has 1 fully saturated rings. The molecule has 3 rings (SSSR count). The van der Waals surface area contributed by atoms with Crippen LogP contribution in [0.4, 0.5) is 11.8 Å². The van der Waals surface area contributed by atoms with Crippen molar-refractivity contribution in [2.24, 2.45) is 0 Å². The van der Waals surface area contributed by atoms with Gasteiger partial charge in [-0.3, -0.25) is 0 Å². The molecule has 1 aliphatic heterocycles. The average molecular weight is 343 g/mol. The first-order valence-electron chi connectivity index (χ1n) is 8.58. The standard InChI is InChI=1S/C18H25N5O2/c1-12-9-16(22-18(19)21-12)23-8-6-4-5-7-14(23)13-10-17(25-3)20-11-15(13)24-2/h9-11,14H,4-8H2,1-3H3,(H2,19,21,22)/t14-/m0/s1. The fraction of sp³-hybridized carbons (Fsp3) is 0.500. The summed E-state index contributed by atoms with van der Waals surface area (Å²) in [7, 11) is 3.29. The Labute approximate surface area is 148 Å². The van der Waals surface area contributed by atoms with Gasteiger partial charge in [0.2, 0.25) is 11.8 Å². The molecule has 0 radical (unpaired) electrons. The quantitative estimate of drug-likeness (QED) is 0.913. The zero-order chi connectivity index (χ0) is 17.8. The molecule has 25 heavy (non-hydrogen) atoms. The van der Waals surface area contributed by atoms with Gasteiger partial charge in [0.1, 0.15) is 11.6 Å². The highest BCUT2D eigenvalue weighted by Gasteiger charge is 2.27. The van der Waals surface area contributed by atoms with Crippen LogP contribution in [0.2, 0.25) is 0 Å². The number of hydrogen-bond donors (Lipinski definition) is 1. The van der Waals surface area contributed by atoms with Gasteiger partial charge in [0.05, 0.1) is 26.5 Å². The Bertz CT molecular complexity index is 717.